The SMILES string of the molecule is FCCN(CCCl)CC(F)(F)F. The van der Waals surface area contributed by atoms with Gasteiger partial charge in [0.1, 0.15) is 6.67 Å². The first kappa shape index (κ1) is 12.0. The molecule has 6 heteroatoms. The van der Waals surface area contributed by atoms with Gasteiger partial charge in [0.2, 0.25) is 0 Å². The number of alkyl halides is 5. The largest absolute Gasteiger partial charge is 0.401 e. The summed E-state index contributed by atoms with van der Waals surface area (Å²) in [6.45, 7) is -2.03. The smallest absolute Gasteiger partial charge is 0.291 e. The van der Waals surface area contributed by atoms with Crippen LogP contribution in [0.1, 0.15) is 0 Å². The Morgan fingerprint density at radius 3 is 2.08 bits per heavy atom. The van der Waals surface area contributed by atoms with Crippen LogP contribution in [0, 0.1) is 0 Å². The van der Waals surface area contributed by atoms with Crippen LogP contribution in [-0.4, -0.2) is 43.3 Å². The minimum atomic E-state index is -4.28. The Bertz CT molecular complexity index is 111. The van der Waals surface area contributed by atoms with E-state index in [-0.39, 0.29) is 19.0 Å². The van der Waals surface area contributed by atoms with Crippen LogP contribution in [0.15, 0.2) is 0 Å². The Hall–Kier alpha value is -0.0300. The third kappa shape index (κ3) is 6.67. The van der Waals surface area contributed by atoms with Gasteiger partial charge in [-0.25, -0.2) is 4.39 Å². The quantitative estimate of drug-likeness (QED) is 0.493. The molecule has 0 aromatic carbocycles. The number of rotatable bonds is 5. The summed E-state index contributed by atoms with van der Waals surface area (Å²) in [4.78, 5) is 0.938. The Morgan fingerprint density at radius 2 is 1.75 bits per heavy atom. The van der Waals surface area contributed by atoms with Gasteiger partial charge in [-0.2, -0.15) is 13.2 Å². The molecule has 0 saturated carbocycles. The highest BCUT2D eigenvalue weighted by Gasteiger charge is 2.30. The van der Waals surface area contributed by atoms with E-state index in [2.05, 4.69) is 0 Å². The van der Waals surface area contributed by atoms with Crippen LogP contribution < -0.4 is 0 Å². The average Bonchev–Trinajstić information content (AvgIpc) is 1.84. The summed E-state index contributed by atoms with van der Waals surface area (Å²) in [5.74, 6) is 0.0794. The predicted octanol–water partition coefficient (Wildman–Crippen LogP) is 2.06. The lowest BCUT2D eigenvalue weighted by molar-refractivity contribution is -0.145. The topological polar surface area (TPSA) is 3.24 Å². The normalized spacial score (nSPS) is 12.5. The number of hydrogen-bond donors (Lipinski definition) is 0. The molecule has 0 N–H and O–H groups in total. The summed E-state index contributed by atoms with van der Waals surface area (Å²) in [7, 11) is 0. The molecule has 0 saturated heterocycles. The molecule has 0 spiro atoms. The van der Waals surface area contributed by atoms with Gasteiger partial charge < -0.3 is 0 Å². The fourth-order valence-corrected chi connectivity index (χ4v) is 1.00. The summed E-state index contributed by atoms with van der Waals surface area (Å²) in [6, 6.07) is 0. The number of nitrogens with zero attached hydrogens (tertiary/aromatic N) is 1. The molecule has 0 rings (SSSR count). The Kier molecular flexibility index (Phi) is 5.57. The van der Waals surface area contributed by atoms with Gasteiger partial charge in [0.15, 0.2) is 0 Å². The first-order chi connectivity index (χ1) is 5.49. The standard InChI is InChI=1S/C6H10ClF4N/c7-1-3-12(4-2-8)5-6(9,10)11/h1-5H2. The third-order valence-electron chi connectivity index (χ3n) is 1.20. The summed E-state index contributed by atoms with van der Waals surface area (Å²) in [6.07, 6.45) is -4.28. The number of hydrogen-bond acceptors (Lipinski definition) is 1. The van der Waals surface area contributed by atoms with Crippen LogP contribution in [0.25, 0.3) is 0 Å². The molecule has 0 aliphatic carbocycles. The van der Waals surface area contributed by atoms with Crippen molar-refractivity contribution in [3.63, 3.8) is 0 Å². The highest BCUT2D eigenvalue weighted by atomic mass is 35.5. The maximum atomic E-state index is 11.7. The highest BCUT2D eigenvalue weighted by molar-refractivity contribution is 6.18. The second-order valence-corrected chi connectivity index (χ2v) is 2.65. The maximum absolute atomic E-state index is 11.7. The van der Waals surface area contributed by atoms with Crippen LogP contribution in [0.2, 0.25) is 0 Å². The molecule has 0 aromatic rings. The van der Waals surface area contributed by atoms with Crippen LogP contribution in [0.4, 0.5) is 17.6 Å². The highest BCUT2D eigenvalue weighted by Crippen LogP contribution is 2.16. The zero-order valence-electron chi connectivity index (χ0n) is 6.37. The van der Waals surface area contributed by atoms with Crippen LogP contribution >= 0.6 is 11.6 Å². The van der Waals surface area contributed by atoms with E-state index in [9.17, 15) is 17.6 Å². The van der Waals surface area contributed by atoms with Crippen molar-refractivity contribution in [2.45, 2.75) is 6.18 Å². The molecule has 1 nitrogen and oxygen atoms in total. The van der Waals surface area contributed by atoms with E-state index in [0.29, 0.717) is 0 Å². The van der Waals surface area contributed by atoms with E-state index in [0.717, 1.165) is 4.90 Å². The van der Waals surface area contributed by atoms with Crippen molar-refractivity contribution in [3.05, 3.63) is 0 Å². The minimum absolute atomic E-state index is 0.0605. The van der Waals surface area contributed by atoms with Crippen LogP contribution in [-0.2, 0) is 0 Å². The molecule has 74 valence electrons. The van der Waals surface area contributed by atoms with Crippen LogP contribution in [0.3, 0.4) is 0 Å². The fraction of sp³-hybridized carbons (Fsp3) is 1.00. The average molecular weight is 208 g/mol. The molecule has 0 aliphatic rings. The second kappa shape index (κ2) is 5.59. The van der Waals surface area contributed by atoms with Crippen molar-refractivity contribution in [1.29, 1.82) is 0 Å². The maximum Gasteiger partial charge on any atom is 0.401 e. The van der Waals surface area contributed by atoms with Gasteiger partial charge in [0.25, 0.3) is 0 Å². The molecule has 0 fully saturated rings. The van der Waals surface area contributed by atoms with Crippen molar-refractivity contribution in [2.75, 3.05) is 32.2 Å². The van der Waals surface area contributed by atoms with Crippen molar-refractivity contribution < 1.29 is 17.6 Å². The van der Waals surface area contributed by atoms with Gasteiger partial charge in [0.05, 0.1) is 6.54 Å². The molecule has 12 heavy (non-hydrogen) atoms. The Balaban J connectivity index is 3.77. The summed E-state index contributed by atoms with van der Waals surface area (Å²) >= 11 is 5.23. The third-order valence-corrected chi connectivity index (χ3v) is 1.37. The van der Waals surface area contributed by atoms with Crippen molar-refractivity contribution in [1.82, 2.24) is 4.90 Å². The summed E-state index contributed by atoms with van der Waals surface area (Å²) < 4.78 is 46.9. The molecule has 0 heterocycles. The van der Waals surface area contributed by atoms with E-state index < -0.39 is 19.4 Å². The van der Waals surface area contributed by atoms with E-state index >= 15 is 0 Å². The van der Waals surface area contributed by atoms with Crippen molar-refractivity contribution in [2.24, 2.45) is 0 Å². The molecule has 0 aliphatic heterocycles. The van der Waals surface area contributed by atoms with Gasteiger partial charge in [-0.1, -0.05) is 0 Å². The summed E-state index contributed by atoms with van der Waals surface area (Å²) in [5, 5.41) is 0. The van der Waals surface area contributed by atoms with Crippen molar-refractivity contribution >= 4 is 11.6 Å². The van der Waals surface area contributed by atoms with Gasteiger partial charge in [-0.15, -0.1) is 11.6 Å². The molecule has 0 bridgehead atoms. The predicted molar refractivity (Wildman–Crippen MR) is 39.2 cm³/mol. The van der Waals surface area contributed by atoms with Gasteiger partial charge in [-0.3, -0.25) is 4.90 Å². The molecular weight excluding hydrogens is 198 g/mol. The zero-order valence-corrected chi connectivity index (χ0v) is 7.13. The molecular formula is C6H10ClF4N. The van der Waals surface area contributed by atoms with E-state index in [1.807, 2.05) is 0 Å². The molecule has 0 unspecified atom stereocenters. The second-order valence-electron chi connectivity index (χ2n) is 2.27. The zero-order chi connectivity index (χ0) is 9.61. The summed E-state index contributed by atoms with van der Waals surface area (Å²) in [5.41, 5.74) is 0. The van der Waals surface area contributed by atoms with Crippen LogP contribution in [0.5, 0.6) is 0 Å². The van der Waals surface area contributed by atoms with Crippen molar-refractivity contribution in [3.8, 4) is 0 Å². The Morgan fingerprint density at radius 1 is 1.17 bits per heavy atom. The first-order valence-corrected chi connectivity index (χ1v) is 3.94. The molecule has 0 amide bonds. The lowest BCUT2D eigenvalue weighted by atomic mass is 10.4. The van der Waals surface area contributed by atoms with E-state index in [1.165, 1.54) is 0 Å². The lowest BCUT2D eigenvalue weighted by Crippen LogP contribution is -2.36. The lowest BCUT2D eigenvalue weighted by Gasteiger charge is -2.20. The molecule has 0 radical (unpaired) electrons. The number of halogens is 5. The van der Waals surface area contributed by atoms with E-state index in [1.54, 1.807) is 0 Å². The Labute approximate surface area is 73.3 Å². The van der Waals surface area contributed by atoms with Gasteiger partial charge >= 0.3 is 6.18 Å². The first-order valence-electron chi connectivity index (χ1n) is 3.40. The van der Waals surface area contributed by atoms with Gasteiger partial charge in [-0.05, 0) is 0 Å². The molecule has 0 atom stereocenters. The van der Waals surface area contributed by atoms with E-state index in [4.69, 9.17) is 11.6 Å². The fourth-order valence-electron chi connectivity index (χ4n) is 0.763. The molecule has 0 aromatic heterocycles. The minimum Gasteiger partial charge on any atom is -0.291 e. The van der Waals surface area contributed by atoms with Gasteiger partial charge in [0, 0.05) is 19.0 Å². The monoisotopic (exact) mass is 207 g/mol.